The minimum Gasteiger partial charge on any atom is -0.444 e. The van der Waals surface area contributed by atoms with Gasteiger partial charge < -0.3 is 14.5 Å². The second-order valence-corrected chi connectivity index (χ2v) is 8.14. The number of carbonyl (C=O) groups excluding carboxylic acids is 1. The number of piperazine rings is 1. The summed E-state index contributed by atoms with van der Waals surface area (Å²) in [5.74, 6) is 0.143. The summed E-state index contributed by atoms with van der Waals surface area (Å²) in [7, 11) is 0. The minimum atomic E-state index is -4.61. The van der Waals surface area contributed by atoms with E-state index < -0.39 is 23.6 Å². The summed E-state index contributed by atoms with van der Waals surface area (Å²) in [6.45, 7) is 8.14. The maximum absolute atomic E-state index is 13.4. The van der Waals surface area contributed by atoms with E-state index in [1.54, 1.807) is 42.7 Å². The number of alkyl halides is 3. The molecule has 1 atom stereocenters. The first-order valence-corrected chi connectivity index (χ1v) is 9.55. The first-order valence-electron chi connectivity index (χ1n) is 9.55. The van der Waals surface area contributed by atoms with Crippen molar-refractivity contribution in [2.45, 2.75) is 45.5 Å². The lowest BCUT2D eigenvalue weighted by molar-refractivity contribution is -0.141. The largest absolute Gasteiger partial charge is 0.444 e. The molecule has 0 aliphatic carbocycles. The van der Waals surface area contributed by atoms with Gasteiger partial charge in [-0.3, -0.25) is 4.98 Å². The van der Waals surface area contributed by atoms with Crippen LogP contribution in [0.4, 0.5) is 23.8 Å². The van der Waals surface area contributed by atoms with Gasteiger partial charge >= 0.3 is 12.3 Å². The third-order valence-electron chi connectivity index (χ3n) is 4.52. The number of anilines is 1. The number of ether oxygens (including phenoxy) is 1. The Hall–Kier alpha value is -2.91. The number of pyridine rings is 1. The number of hydrogen-bond donors (Lipinski definition) is 0. The topological polar surface area (TPSA) is 71.5 Å². The molecule has 0 radical (unpaired) electrons. The van der Waals surface area contributed by atoms with E-state index in [1.807, 2.05) is 6.92 Å². The Morgan fingerprint density at radius 2 is 1.80 bits per heavy atom. The Morgan fingerprint density at radius 1 is 1.13 bits per heavy atom. The molecule has 1 saturated heterocycles. The van der Waals surface area contributed by atoms with E-state index in [-0.39, 0.29) is 17.7 Å². The molecule has 162 valence electrons. The highest BCUT2D eigenvalue weighted by Crippen LogP contribution is 2.32. The van der Waals surface area contributed by atoms with Gasteiger partial charge in [0.15, 0.2) is 11.5 Å². The van der Waals surface area contributed by atoms with E-state index in [0.29, 0.717) is 25.2 Å². The van der Waals surface area contributed by atoms with Gasteiger partial charge in [0.2, 0.25) is 0 Å². The molecule has 2 aromatic heterocycles. The molecule has 10 heteroatoms. The van der Waals surface area contributed by atoms with Crippen molar-refractivity contribution >= 4 is 11.9 Å². The van der Waals surface area contributed by atoms with Crippen LogP contribution in [0.25, 0.3) is 11.4 Å². The lowest BCUT2D eigenvalue weighted by atomic mass is 10.2. The molecule has 1 aliphatic heterocycles. The molecule has 0 N–H and O–H groups in total. The summed E-state index contributed by atoms with van der Waals surface area (Å²) in [5, 5.41) is 0. The predicted octanol–water partition coefficient (Wildman–Crippen LogP) is 4.00. The summed E-state index contributed by atoms with van der Waals surface area (Å²) in [5.41, 5.74) is -1.19. The number of hydrogen-bond acceptors (Lipinski definition) is 6. The maximum atomic E-state index is 13.4. The van der Waals surface area contributed by atoms with Gasteiger partial charge in [0.25, 0.3) is 0 Å². The fourth-order valence-electron chi connectivity index (χ4n) is 3.13. The first kappa shape index (κ1) is 21.8. The second-order valence-electron chi connectivity index (χ2n) is 8.14. The first-order chi connectivity index (χ1) is 13.9. The zero-order chi connectivity index (χ0) is 22.1. The summed E-state index contributed by atoms with van der Waals surface area (Å²) >= 11 is 0. The zero-order valence-electron chi connectivity index (χ0n) is 17.3. The van der Waals surface area contributed by atoms with Crippen LogP contribution in [0.2, 0.25) is 0 Å². The van der Waals surface area contributed by atoms with Crippen LogP contribution in [-0.4, -0.2) is 57.2 Å². The molecule has 0 saturated carbocycles. The van der Waals surface area contributed by atoms with E-state index >= 15 is 0 Å². The lowest BCUT2D eigenvalue weighted by Crippen LogP contribution is -2.55. The van der Waals surface area contributed by atoms with Crippen molar-refractivity contribution < 1.29 is 22.7 Å². The zero-order valence-corrected chi connectivity index (χ0v) is 17.3. The standard InChI is InChI=1S/C20H24F3N5O2/c1-13-12-27(9-10-28(13)18(29)30-19(2,3)4)16-11-15(20(21,22)23)25-17(26-16)14-5-7-24-8-6-14/h5-8,11,13H,9-10,12H2,1-4H3/t13-/m1/s1. The number of aromatic nitrogens is 3. The molecule has 0 unspecified atom stereocenters. The Labute approximate surface area is 172 Å². The molecule has 1 aliphatic rings. The van der Waals surface area contributed by atoms with Crippen molar-refractivity contribution in [1.82, 2.24) is 19.9 Å². The summed E-state index contributed by atoms with van der Waals surface area (Å²) < 4.78 is 45.7. The van der Waals surface area contributed by atoms with Crippen LogP contribution < -0.4 is 4.90 Å². The molecule has 7 nitrogen and oxygen atoms in total. The predicted molar refractivity (Wildman–Crippen MR) is 105 cm³/mol. The Kier molecular flexibility index (Phi) is 5.87. The quantitative estimate of drug-likeness (QED) is 0.727. The highest BCUT2D eigenvalue weighted by atomic mass is 19.4. The molecule has 3 heterocycles. The molecule has 1 fully saturated rings. The number of carbonyl (C=O) groups is 1. The second kappa shape index (κ2) is 8.08. The fourth-order valence-corrected chi connectivity index (χ4v) is 3.13. The summed E-state index contributed by atoms with van der Waals surface area (Å²) in [6.07, 6.45) is -2.10. The molecule has 1 amide bonds. The average molecular weight is 423 g/mol. The number of amides is 1. The maximum Gasteiger partial charge on any atom is 0.433 e. The van der Waals surface area contributed by atoms with Crippen molar-refractivity contribution in [2.75, 3.05) is 24.5 Å². The minimum absolute atomic E-state index is 0.0237. The molecule has 0 spiro atoms. The molecular formula is C20H24F3N5O2. The molecule has 0 bridgehead atoms. The van der Waals surface area contributed by atoms with Crippen molar-refractivity contribution in [2.24, 2.45) is 0 Å². The van der Waals surface area contributed by atoms with Gasteiger partial charge in [-0.05, 0) is 39.8 Å². The van der Waals surface area contributed by atoms with Crippen LogP contribution in [0.5, 0.6) is 0 Å². The van der Waals surface area contributed by atoms with Crippen molar-refractivity contribution in [3.05, 3.63) is 36.3 Å². The Balaban J connectivity index is 1.86. The van der Waals surface area contributed by atoms with E-state index in [9.17, 15) is 18.0 Å². The van der Waals surface area contributed by atoms with Crippen LogP contribution in [0.3, 0.4) is 0 Å². The smallest absolute Gasteiger partial charge is 0.433 e. The lowest BCUT2D eigenvalue weighted by Gasteiger charge is -2.40. The highest BCUT2D eigenvalue weighted by molar-refractivity contribution is 5.69. The van der Waals surface area contributed by atoms with Crippen LogP contribution in [0.15, 0.2) is 30.6 Å². The van der Waals surface area contributed by atoms with E-state index in [1.165, 1.54) is 12.4 Å². The van der Waals surface area contributed by atoms with Gasteiger partial charge in [-0.25, -0.2) is 14.8 Å². The molecule has 3 rings (SSSR count). The van der Waals surface area contributed by atoms with E-state index in [4.69, 9.17) is 4.74 Å². The van der Waals surface area contributed by atoms with Gasteiger partial charge in [0.1, 0.15) is 11.4 Å². The van der Waals surface area contributed by atoms with Crippen molar-refractivity contribution in [3.63, 3.8) is 0 Å². The van der Waals surface area contributed by atoms with Crippen LogP contribution >= 0.6 is 0 Å². The van der Waals surface area contributed by atoms with Gasteiger partial charge in [0, 0.05) is 49.7 Å². The van der Waals surface area contributed by atoms with E-state index in [0.717, 1.165) is 6.07 Å². The molecular weight excluding hydrogens is 399 g/mol. The van der Waals surface area contributed by atoms with Gasteiger partial charge in [-0.1, -0.05) is 0 Å². The van der Waals surface area contributed by atoms with Crippen LogP contribution in [-0.2, 0) is 10.9 Å². The monoisotopic (exact) mass is 423 g/mol. The normalized spacial score (nSPS) is 17.8. The summed E-state index contributed by atoms with van der Waals surface area (Å²) in [6, 6.07) is 3.80. The number of halogens is 3. The third-order valence-corrected chi connectivity index (χ3v) is 4.52. The van der Waals surface area contributed by atoms with E-state index in [2.05, 4.69) is 15.0 Å². The molecule has 0 aromatic carbocycles. The fraction of sp³-hybridized carbons (Fsp3) is 0.500. The van der Waals surface area contributed by atoms with Gasteiger partial charge in [0.05, 0.1) is 0 Å². The third kappa shape index (κ3) is 5.17. The van der Waals surface area contributed by atoms with Crippen molar-refractivity contribution in [1.29, 1.82) is 0 Å². The number of nitrogens with zero attached hydrogens (tertiary/aromatic N) is 5. The summed E-state index contributed by atoms with van der Waals surface area (Å²) in [4.78, 5) is 27.6. The number of rotatable bonds is 2. The van der Waals surface area contributed by atoms with Gasteiger partial charge in [-0.15, -0.1) is 0 Å². The Morgan fingerprint density at radius 3 is 2.37 bits per heavy atom. The molecule has 30 heavy (non-hydrogen) atoms. The van der Waals surface area contributed by atoms with Gasteiger partial charge in [-0.2, -0.15) is 13.2 Å². The molecule has 2 aromatic rings. The highest BCUT2D eigenvalue weighted by Gasteiger charge is 2.36. The van der Waals surface area contributed by atoms with Crippen LogP contribution in [0, 0.1) is 0 Å². The van der Waals surface area contributed by atoms with Crippen molar-refractivity contribution in [3.8, 4) is 11.4 Å². The van der Waals surface area contributed by atoms with Crippen LogP contribution in [0.1, 0.15) is 33.4 Å². The SMILES string of the molecule is C[C@@H]1CN(c2cc(C(F)(F)F)nc(-c3ccncc3)n2)CCN1C(=O)OC(C)(C)C. The average Bonchev–Trinajstić information content (AvgIpc) is 2.66. The Bertz CT molecular complexity index is 900.